The predicted molar refractivity (Wildman–Crippen MR) is 38.2 cm³/mol. The van der Waals surface area contributed by atoms with E-state index in [1.807, 2.05) is 0 Å². The number of hydrogen-bond donors (Lipinski definition) is 0. The first kappa shape index (κ1) is 4.03. The first-order valence-corrected chi connectivity index (χ1v) is 3.93. The molecular weight excluding hydrogens is 93.7 g/mol. The lowest BCUT2D eigenvalue weighted by molar-refractivity contribution is 1.25. The average molecular weight is 104 g/mol. The van der Waals surface area contributed by atoms with Crippen LogP contribution < -0.4 is 0 Å². The summed E-state index contributed by atoms with van der Waals surface area (Å²) in [7, 11) is 0. The molecule has 4 aliphatic rings. The Balaban J connectivity index is 0.0000000625. The van der Waals surface area contributed by atoms with Gasteiger partial charge in [0.15, 0.2) is 0 Å². The van der Waals surface area contributed by atoms with Crippen molar-refractivity contribution in [2.24, 2.45) is 0 Å². The smallest absolute Gasteiger partial charge is 0.0783 e. The Morgan fingerprint density at radius 1 is 0.750 bits per heavy atom. The molecule has 2 heteroatoms. The lowest BCUT2D eigenvalue weighted by Crippen LogP contribution is -1.55. The van der Waals surface area contributed by atoms with Gasteiger partial charge < -0.3 is 0 Å². The Kier molecular flexibility index (Phi) is 0.518. The van der Waals surface area contributed by atoms with E-state index in [4.69, 9.17) is 0 Å². The van der Waals surface area contributed by atoms with Crippen LogP contribution in [0, 0.1) is 0 Å². The van der Waals surface area contributed by atoms with E-state index >= 15 is 0 Å². The van der Waals surface area contributed by atoms with Gasteiger partial charge in [0.05, 0.1) is 0 Å². The van der Waals surface area contributed by atoms with Crippen LogP contribution in [0.1, 0.15) is 0 Å². The molecule has 0 aromatic heterocycles. The van der Waals surface area contributed by atoms with Crippen LogP contribution >= 0.6 is 0 Å². The number of rotatable bonds is 0. The summed E-state index contributed by atoms with van der Waals surface area (Å²) >= 11 is 0. The van der Waals surface area contributed by atoms with Gasteiger partial charge in [-0.15, -0.1) is 0 Å². The Bertz CT molecular complexity index is 94.5. The van der Waals surface area contributed by atoms with Gasteiger partial charge in [0.1, 0.15) is 13.4 Å². The molecule has 8 heavy (non-hydrogen) atoms. The van der Waals surface area contributed by atoms with Crippen molar-refractivity contribution in [1.82, 2.24) is 0 Å². The van der Waals surface area contributed by atoms with Crippen molar-refractivity contribution in [3.8, 4) is 0 Å². The molecule has 0 spiro atoms. The highest BCUT2D eigenvalue weighted by molar-refractivity contribution is 6.84. The molecule has 4 heterocycles. The highest BCUT2D eigenvalue weighted by atomic mass is 14.3. The summed E-state index contributed by atoms with van der Waals surface area (Å²) in [5.41, 5.74) is 0. The van der Waals surface area contributed by atoms with Crippen LogP contribution in [0.4, 0.5) is 0 Å². The van der Waals surface area contributed by atoms with Gasteiger partial charge in [0.2, 0.25) is 0 Å². The summed E-state index contributed by atoms with van der Waals surface area (Å²) in [5.74, 6) is 2.50. The normalized spacial score (nSPS) is 34.5. The van der Waals surface area contributed by atoms with Gasteiger partial charge in [-0.2, -0.15) is 0 Å². The number of fused-ring (bicyclic) bond motifs is 2. The van der Waals surface area contributed by atoms with E-state index in [0.29, 0.717) is 0 Å². The molecule has 0 aliphatic carbocycles. The fourth-order valence-corrected chi connectivity index (χ4v) is 1.10. The molecule has 4 rings (SSSR count). The summed E-state index contributed by atoms with van der Waals surface area (Å²) < 4.78 is 0. The molecule has 0 unspecified atom stereocenters. The monoisotopic (exact) mass is 104 g/mol. The highest BCUT2D eigenvalue weighted by Gasteiger charge is 2.56. The van der Waals surface area contributed by atoms with E-state index in [9.17, 15) is 0 Å². The van der Waals surface area contributed by atoms with Crippen molar-refractivity contribution in [1.29, 1.82) is 0 Å². The SMILES string of the molecule is C1B2CC12.C1B2CC12. The molecule has 0 aromatic carbocycles. The second kappa shape index (κ2) is 1.03. The molecule has 0 amide bonds. The van der Waals surface area contributed by atoms with E-state index in [0.717, 1.165) is 0 Å². The van der Waals surface area contributed by atoms with Gasteiger partial charge in [-0.05, 0) is 0 Å². The summed E-state index contributed by atoms with van der Waals surface area (Å²) in [6, 6.07) is 0. The molecule has 40 valence electrons. The maximum Gasteiger partial charge on any atom is 0.140 e. The van der Waals surface area contributed by atoms with Crippen molar-refractivity contribution in [2.45, 2.75) is 36.9 Å². The van der Waals surface area contributed by atoms with E-state index in [1.165, 1.54) is 25.1 Å². The van der Waals surface area contributed by atoms with Gasteiger partial charge in [-0.1, -0.05) is 36.9 Å². The molecule has 0 radical (unpaired) electrons. The van der Waals surface area contributed by atoms with Crippen LogP contribution in [-0.4, -0.2) is 13.4 Å². The van der Waals surface area contributed by atoms with E-state index in [2.05, 4.69) is 0 Å². The van der Waals surface area contributed by atoms with Gasteiger partial charge in [0.25, 0.3) is 0 Å². The van der Waals surface area contributed by atoms with Crippen molar-refractivity contribution < 1.29 is 0 Å². The zero-order valence-electron chi connectivity index (χ0n) is 5.14. The zero-order chi connectivity index (χ0) is 5.14. The van der Waals surface area contributed by atoms with Gasteiger partial charge in [-0.25, -0.2) is 0 Å². The van der Waals surface area contributed by atoms with E-state index in [-0.39, 0.29) is 0 Å². The molecule has 0 aromatic rings. The van der Waals surface area contributed by atoms with Crippen molar-refractivity contribution >= 4 is 13.4 Å². The second-order valence-electron chi connectivity index (χ2n) is 3.98. The quantitative estimate of drug-likeness (QED) is 0.410. The fourth-order valence-electron chi connectivity index (χ4n) is 1.10. The van der Waals surface area contributed by atoms with Crippen LogP contribution in [0.2, 0.25) is 36.9 Å². The average Bonchev–Trinajstić information content (AvgIpc) is 2.14. The Hall–Kier alpha value is 0.130. The first-order valence-electron chi connectivity index (χ1n) is 3.93. The van der Waals surface area contributed by atoms with Crippen molar-refractivity contribution in [2.75, 3.05) is 0 Å². The number of hydrogen-bond acceptors (Lipinski definition) is 0. The second-order valence-corrected chi connectivity index (χ2v) is 3.98. The third-order valence-electron chi connectivity index (χ3n) is 2.94. The molecular formula is C6H10B2. The molecule has 4 saturated heterocycles. The van der Waals surface area contributed by atoms with E-state index in [1.54, 1.807) is 25.3 Å². The molecule has 0 atom stereocenters. The Morgan fingerprint density at radius 3 is 0.875 bits per heavy atom. The van der Waals surface area contributed by atoms with E-state index < -0.39 is 0 Å². The van der Waals surface area contributed by atoms with Gasteiger partial charge in [-0.3, -0.25) is 0 Å². The van der Waals surface area contributed by atoms with Crippen LogP contribution in [0.5, 0.6) is 0 Å². The van der Waals surface area contributed by atoms with Crippen molar-refractivity contribution in [3.05, 3.63) is 0 Å². The van der Waals surface area contributed by atoms with Crippen LogP contribution in [0.3, 0.4) is 0 Å². The third-order valence-corrected chi connectivity index (χ3v) is 2.94. The topological polar surface area (TPSA) is 0 Å². The van der Waals surface area contributed by atoms with Crippen LogP contribution in [-0.2, 0) is 0 Å². The summed E-state index contributed by atoms with van der Waals surface area (Å²) in [4.78, 5) is 0. The Labute approximate surface area is 51.2 Å². The largest absolute Gasteiger partial charge is 0.140 e. The molecule has 0 nitrogen and oxygen atoms in total. The lowest BCUT2D eigenvalue weighted by atomic mass is 9.87. The summed E-state index contributed by atoms with van der Waals surface area (Å²) in [6.45, 7) is 2.50. The summed E-state index contributed by atoms with van der Waals surface area (Å²) in [5, 5.41) is 0. The third kappa shape index (κ3) is 0.620. The van der Waals surface area contributed by atoms with Gasteiger partial charge >= 0.3 is 0 Å². The minimum Gasteiger partial charge on any atom is -0.0783 e. The molecule has 4 fully saturated rings. The molecule has 0 saturated carbocycles. The maximum atomic E-state index is 1.58. The molecule has 0 bridgehead atoms. The fraction of sp³-hybridized carbons (Fsp3) is 1.00. The predicted octanol–water partition coefficient (Wildman–Crippen LogP) is 1.76. The minimum absolute atomic E-state index is 1.25. The standard InChI is InChI=1S/2C3H5B/c2*1-3-2-4(1)3/h2*3H,1-2H2. The van der Waals surface area contributed by atoms with Gasteiger partial charge in [0, 0.05) is 0 Å². The highest BCUT2D eigenvalue weighted by Crippen LogP contribution is 2.61. The first-order chi connectivity index (χ1) is 3.93. The van der Waals surface area contributed by atoms with Crippen LogP contribution in [0.25, 0.3) is 0 Å². The lowest BCUT2D eigenvalue weighted by Gasteiger charge is -1.60. The molecule has 0 N–H and O–H groups in total. The van der Waals surface area contributed by atoms with Crippen LogP contribution in [0.15, 0.2) is 0 Å². The Morgan fingerprint density at radius 2 is 0.875 bits per heavy atom. The molecule has 4 aliphatic heterocycles. The minimum atomic E-state index is 1.25. The summed E-state index contributed by atoms with van der Waals surface area (Å²) in [6.07, 6.45) is 6.33. The maximum absolute atomic E-state index is 1.58. The van der Waals surface area contributed by atoms with Crippen molar-refractivity contribution in [3.63, 3.8) is 0 Å². The zero-order valence-corrected chi connectivity index (χ0v) is 5.14.